The lowest BCUT2D eigenvalue weighted by molar-refractivity contribution is 0.0696. The minimum absolute atomic E-state index is 0.168. The van der Waals surface area contributed by atoms with Gasteiger partial charge in [0.25, 0.3) is 0 Å². The topological polar surface area (TPSA) is 96.8 Å². The van der Waals surface area contributed by atoms with Crippen molar-refractivity contribution in [2.45, 2.75) is 13.8 Å². The molecular weight excluding hydrogens is 462 g/mol. The highest BCUT2D eigenvalue weighted by Crippen LogP contribution is 2.23. The zero-order valence-electron chi connectivity index (χ0n) is 16.7. The monoisotopic (exact) mass is 479 g/mol. The van der Waals surface area contributed by atoms with Crippen LogP contribution in [0.25, 0.3) is 16.7 Å². The molecule has 0 fully saturated rings. The van der Waals surface area contributed by atoms with E-state index < -0.39 is 11.9 Å². The summed E-state index contributed by atoms with van der Waals surface area (Å²) in [5.74, 6) is -1.26. The first-order chi connectivity index (χ1) is 14.8. The van der Waals surface area contributed by atoms with Gasteiger partial charge in [0.05, 0.1) is 11.8 Å². The fourth-order valence-corrected chi connectivity index (χ4v) is 3.81. The lowest BCUT2D eigenvalue weighted by atomic mass is 10.2. The van der Waals surface area contributed by atoms with Gasteiger partial charge in [-0.1, -0.05) is 22.0 Å². The predicted octanol–water partition coefficient (Wildman–Crippen LogP) is 5.06. The number of hydrogen-bond acceptors (Lipinski definition) is 4. The number of benzene rings is 2. The molecule has 2 N–H and O–H groups in total. The molecule has 1 amide bonds. The average molecular weight is 480 g/mol. The molecular formula is C23H18BrN3O4. The van der Waals surface area contributed by atoms with Crippen molar-refractivity contribution < 1.29 is 19.1 Å². The lowest BCUT2D eigenvalue weighted by Crippen LogP contribution is -2.16. The summed E-state index contributed by atoms with van der Waals surface area (Å²) in [5, 5.41) is 14.1. The van der Waals surface area contributed by atoms with E-state index in [0.717, 1.165) is 32.5 Å². The number of aromatic nitrogens is 1. The normalized spacial score (nSPS) is 11.3. The summed E-state index contributed by atoms with van der Waals surface area (Å²) in [7, 11) is 0. The van der Waals surface area contributed by atoms with E-state index in [2.05, 4.69) is 26.5 Å². The second-order valence-electron chi connectivity index (χ2n) is 7.01. The van der Waals surface area contributed by atoms with Gasteiger partial charge in [0.2, 0.25) is 0 Å². The third-order valence-electron chi connectivity index (χ3n) is 4.89. The maximum absolute atomic E-state index is 12.4. The van der Waals surface area contributed by atoms with E-state index in [1.54, 1.807) is 36.5 Å². The Balaban J connectivity index is 1.54. The number of furan rings is 1. The first-order valence-corrected chi connectivity index (χ1v) is 10.2. The SMILES string of the molecule is Cc1cc(/C=N/NC(=O)c2cc3cc(Br)ccc3o2)c(C)n1-c1cccc(C(=O)O)c1. The zero-order valence-corrected chi connectivity index (χ0v) is 18.3. The molecule has 2 aromatic heterocycles. The van der Waals surface area contributed by atoms with Gasteiger partial charge in [0.15, 0.2) is 5.76 Å². The van der Waals surface area contributed by atoms with Crippen LogP contribution in [-0.2, 0) is 0 Å². The number of carbonyl (C=O) groups is 2. The van der Waals surface area contributed by atoms with Gasteiger partial charge in [0.1, 0.15) is 5.58 Å². The van der Waals surface area contributed by atoms with Gasteiger partial charge in [-0.05, 0) is 62.4 Å². The molecule has 31 heavy (non-hydrogen) atoms. The molecule has 0 unspecified atom stereocenters. The van der Waals surface area contributed by atoms with E-state index in [0.29, 0.717) is 5.58 Å². The van der Waals surface area contributed by atoms with E-state index >= 15 is 0 Å². The number of halogens is 1. The third-order valence-corrected chi connectivity index (χ3v) is 5.39. The first kappa shape index (κ1) is 20.6. The molecule has 0 atom stereocenters. The van der Waals surface area contributed by atoms with E-state index in [9.17, 15) is 14.7 Å². The number of aromatic carboxylic acids is 1. The minimum Gasteiger partial charge on any atom is -0.478 e. The molecule has 0 bridgehead atoms. The fourth-order valence-electron chi connectivity index (χ4n) is 3.44. The Morgan fingerprint density at radius 2 is 1.94 bits per heavy atom. The smallest absolute Gasteiger partial charge is 0.335 e. The molecule has 0 saturated carbocycles. The summed E-state index contributed by atoms with van der Waals surface area (Å²) >= 11 is 3.39. The van der Waals surface area contributed by atoms with E-state index in [1.165, 1.54) is 0 Å². The Hall–Kier alpha value is -3.65. The molecule has 0 aliphatic heterocycles. The summed E-state index contributed by atoms with van der Waals surface area (Å²) in [6.45, 7) is 3.82. The number of carboxylic acids is 1. The quantitative estimate of drug-likeness (QED) is 0.308. The van der Waals surface area contributed by atoms with Crippen molar-refractivity contribution in [3.8, 4) is 5.69 Å². The minimum atomic E-state index is -0.980. The molecule has 7 nitrogen and oxygen atoms in total. The van der Waals surface area contributed by atoms with Crippen LogP contribution in [0.15, 0.2) is 68.6 Å². The molecule has 4 rings (SSSR count). The number of nitrogens with zero attached hydrogens (tertiary/aromatic N) is 2. The van der Waals surface area contributed by atoms with E-state index in [4.69, 9.17) is 4.42 Å². The molecule has 0 saturated heterocycles. The molecule has 156 valence electrons. The van der Waals surface area contributed by atoms with Crippen molar-refractivity contribution in [2.24, 2.45) is 5.10 Å². The Bertz CT molecular complexity index is 1350. The van der Waals surface area contributed by atoms with Crippen LogP contribution in [0.1, 0.15) is 37.9 Å². The third kappa shape index (κ3) is 4.15. The summed E-state index contributed by atoms with van der Waals surface area (Å²) in [6, 6.07) is 15.8. The number of aryl methyl sites for hydroxylation is 1. The van der Waals surface area contributed by atoms with Crippen molar-refractivity contribution in [1.29, 1.82) is 0 Å². The van der Waals surface area contributed by atoms with Crippen LogP contribution in [0.5, 0.6) is 0 Å². The molecule has 0 spiro atoms. The predicted molar refractivity (Wildman–Crippen MR) is 121 cm³/mol. The van der Waals surface area contributed by atoms with Gasteiger partial charge in [-0.3, -0.25) is 4.79 Å². The number of carboxylic acid groups (broad SMARTS) is 1. The van der Waals surface area contributed by atoms with Crippen molar-refractivity contribution in [2.75, 3.05) is 0 Å². The maximum atomic E-state index is 12.4. The van der Waals surface area contributed by atoms with Crippen LogP contribution in [0.2, 0.25) is 0 Å². The molecule has 4 aromatic rings. The molecule has 2 heterocycles. The maximum Gasteiger partial charge on any atom is 0.335 e. The van der Waals surface area contributed by atoms with Crippen molar-refractivity contribution in [3.63, 3.8) is 0 Å². The van der Waals surface area contributed by atoms with Crippen molar-refractivity contribution in [1.82, 2.24) is 9.99 Å². The highest BCUT2D eigenvalue weighted by molar-refractivity contribution is 9.10. The van der Waals surface area contributed by atoms with Crippen LogP contribution >= 0.6 is 15.9 Å². The Kier molecular flexibility index (Phi) is 5.48. The molecule has 2 aromatic carbocycles. The van der Waals surface area contributed by atoms with Gasteiger partial charge < -0.3 is 14.1 Å². The number of hydrogen-bond donors (Lipinski definition) is 2. The van der Waals surface area contributed by atoms with Gasteiger partial charge >= 0.3 is 11.9 Å². The number of fused-ring (bicyclic) bond motifs is 1. The van der Waals surface area contributed by atoms with E-state index in [-0.39, 0.29) is 11.3 Å². The van der Waals surface area contributed by atoms with Gasteiger partial charge in [0, 0.05) is 32.5 Å². The Morgan fingerprint density at radius 1 is 1.13 bits per heavy atom. The number of nitrogens with one attached hydrogen (secondary N) is 1. The van der Waals surface area contributed by atoms with Crippen LogP contribution in [0.3, 0.4) is 0 Å². The zero-order chi connectivity index (χ0) is 22.1. The van der Waals surface area contributed by atoms with Crippen LogP contribution < -0.4 is 5.43 Å². The number of amides is 1. The lowest BCUT2D eigenvalue weighted by Gasteiger charge is -2.10. The Morgan fingerprint density at radius 3 is 2.71 bits per heavy atom. The van der Waals surface area contributed by atoms with Gasteiger partial charge in [-0.25, -0.2) is 10.2 Å². The standard InChI is InChI=1S/C23H18BrN3O4/c1-13-8-17(14(2)27(13)19-5-3-4-15(10-19)23(29)30)12-25-26-22(28)21-11-16-9-18(24)6-7-20(16)31-21/h3-12H,1-2H3,(H,26,28)(H,29,30)/b25-12+. The highest BCUT2D eigenvalue weighted by atomic mass is 79.9. The largest absolute Gasteiger partial charge is 0.478 e. The van der Waals surface area contributed by atoms with Crippen molar-refractivity contribution >= 4 is 45.0 Å². The summed E-state index contributed by atoms with van der Waals surface area (Å²) in [4.78, 5) is 23.7. The second kappa shape index (κ2) is 8.23. The number of hydrazone groups is 1. The Labute approximate surface area is 186 Å². The number of rotatable bonds is 5. The number of carbonyl (C=O) groups excluding carboxylic acids is 1. The summed E-state index contributed by atoms with van der Waals surface area (Å²) in [6.07, 6.45) is 1.55. The molecule has 0 aliphatic rings. The molecule has 0 aliphatic carbocycles. The van der Waals surface area contributed by atoms with Crippen LogP contribution in [0, 0.1) is 13.8 Å². The van der Waals surface area contributed by atoms with Gasteiger partial charge in [-0.2, -0.15) is 5.10 Å². The second-order valence-corrected chi connectivity index (χ2v) is 7.92. The summed E-state index contributed by atoms with van der Waals surface area (Å²) in [5.41, 5.74) is 6.63. The van der Waals surface area contributed by atoms with Crippen molar-refractivity contribution in [3.05, 3.63) is 87.3 Å². The van der Waals surface area contributed by atoms with Crippen LogP contribution in [-0.4, -0.2) is 27.8 Å². The summed E-state index contributed by atoms with van der Waals surface area (Å²) < 4.78 is 8.40. The van der Waals surface area contributed by atoms with E-state index in [1.807, 2.05) is 42.7 Å². The average Bonchev–Trinajstić information content (AvgIpc) is 3.28. The molecule has 8 heteroatoms. The molecule has 0 radical (unpaired) electrons. The fraction of sp³-hybridized carbons (Fsp3) is 0.0870. The highest BCUT2D eigenvalue weighted by Gasteiger charge is 2.13. The first-order valence-electron chi connectivity index (χ1n) is 9.38. The van der Waals surface area contributed by atoms with Gasteiger partial charge in [-0.15, -0.1) is 0 Å². The van der Waals surface area contributed by atoms with Crippen LogP contribution in [0.4, 0.5) is 0 Å².